The van der Waals surface area contributed by atoms with Gasteiger partial charge >= 0.3 is 0 Å². The van der Waals surface area contributed by atoms with Crippen LogP contribution in [0.3, 0.4) is 0 Å². The van der Waals surface area contributed by atoms with Crippen LogP contribution in [-0.2, 0) is 11.3 Å². The first-order valence-electron chi connectivity index (χ1n) is 9.90. The molecule has 1 aliphatic heterocycles. The SMILES string of the molecule is CCn1ccc(NC(=O)C[C@H]2CCCN(C(=O)c3cnc(C(C)C)nc3)C2)n1. The molecular weight excluding hydrogens is 356 g/mol. The molecule has 0 aliphatic carbocycles. The molecule has 0 spiro atoms. The summed E-state index contributed by atoms with van der Waals surface area (Å²) in [6, 6.07) is 1.79. The maximum absolute atomic E-state index is 12.8. The fourth-order valence-electron chi connectivity index (χ4n) is 3.41. The molecule has 3 heterocycles. The predicted molar refractivity (Wildman–Crippen MR) is 106 cm³/mol. The molecule has 1 aliphatic rings. The molecule has 2 amide bonds. The van der Waals surface area contributed by atoms with Crippen LogP contribution in [0.5, 0.6) is 0 Å². The first-order valence-corrected chi connectivity index (χ1v) is 9.90. The highest BCUT2D eigenvalue weighted by molar-refractivity contribution is 5.94. The Morgan fingerprint density at radius 1 is 1.29 bits per heavy atom. The van der Waals surface area contributed by atoms with Crippen LogP contribution >= 0.6 is 0 Å². The second kappa shape index (κ2) is 8.95. The highest BCUT2D eigenvalue weighted by Crippen LogP contribution is 2.22. The van der Waals surface area contributed by atoms with Crippen molar-refractivity contribution in [2.24, 2.45) is 5.92 Å². The molecule has 28 heavy (non-hydrogen) atoms. The van der Waals surface area contributed by atoms with Gasteiger partial charge in [-0.3, -0.25) is 14.3 Å². The molecule has 0 saturated carbocycles. The number of amides is 2. The van der Waals surface area contributed by atoms with Gasteiger partial charge in [-0.05, 0) is 25.7 Å². The normalized spacial score (nSPS) is 17.0. The van der Waals surface area contributed by atoms with Crippen molar-refractivity contribution in [1.82, 2.24) is 24.6 Å². The number of aryl methyl sites for hydroxylation is 1. The van der Waals surface area contributed by atoms with E-state index in [1.807, 2.05) is 27.0 Å². The minimum Gasteiger partial charge on any atom is -0.338 e. The average Bonchev–Trinajstić information content (AvgIpc) is 3.15. The van der Waals surface area contributed by atoms with Gasteiger partial charge < -0.3 is 10.2 Å². The molecule has 150 valence electrons. The first kappa shape index (κ1) is 20.0. The quantitative estimate of drug-likeness (QED) is 0.826. The van der Waals surface area contributed by atoms with Crippen molar-refractivity contribution in [1.29, 1.82) is 0 Å². The topological polar surface area (TPSA) is 93.0 Å². The Kier molecular flexibility index (Phi) is 6.38. The molecule has 0 aromatic carbocycles. The molecular formula is C20H28N6O2. The minimum atomic E-state index is -0.0675. The Bertz CT molecular complexity index is 814. The van der Waals surface area contributed by atoms with Crippen LogP contribution in [-0.4, -0.2) is 49.6 Å². The van der Waals surface area contributed by atoms with E-state index >= 15 is 0 Å². The van der Waals surface area contributed by atoms with Crippen LogP contribution in [0.15, 0.2) is 24.7 Å². The summed E-state index contributed by atoms with van der Waals surface area (Å²) in [4.78, 5) is 35.5. The standard InChI is InChI=1S/C20H28N6O2/c1-4-26-9-7-17(24-26)23-18(27)10-15-6-5-8-25(13-15)20(28)16-11-21-19(14(2)3)22-12-16/h7,9,11-12,14-15H,4-6,8,10,13H2,1-3H3,(H,23,24,27)/t15-/m1/s1. The number of hydrogen-bond donors (Lipinski definition) is 1. The van der Waals surface area contributed by atoms with Crippen molar-refractivity contribution < 1.29 is 9.59 Å². The molecule has 8 nitrogen and oxygen atoms in total. The van der Waals surface area contributed by atoms with Gasteiger partial charge in [-0.2, -0.15) is 5.10 Å². The van der Waals surface area contributed by atoms with E-state index in [4.69, 9.17) is 0 Å². The number of piperidine rings is 1. The zero-order valence-corrected chi connectivity index (χ0v) is 16.8. The van der Waals surface area contributed by atoms with E-state index in [0.717, 1.165) is 25.2 Å². The van der Waals surface area contributed by atoms with Crippen molar-refractivity contribution in [3.63, 3.8) is 0 Å². The Morgan fingerprint density at radius 3 is 2.68 bits per heavy atom. The lowest BCUT2D eigenvalue weighted by Crippen LogP contribution is -2.41. The molecule has 2 aromatic rings. The summed E-state index contributed by atoms with van der Waals surface area (Å²) in [5.41, 5.74) is 0.500. The van der Waals surface area contributed by atoms with E-state index in [1.165, 1.54) is 0 Å². The number of carbonyl (C=O) groups is 2. The molecule has 0 radical (unpaired) electrons. The lowest BCUT2D eigenvalue weighted by molar-refractivity contribution is -0.117. The number of likely N-dealkylation sites (tertiary alicyclic amines) is 1. The lowest BCUT2D eigenvalue weighted by atomic mass is 9.94. The zero-order chi connectivity index (χ0) is 20.1. The van der Waals surface area contributed by atoms with E-state index in [2.05, 4.69) is 20.4 Å². The minimum absolute atomic E-state index is 0.0646. The van der Waals surface area contributed by atoms with Gasteiger partial charge in [0.05, 0.1) is 5.56 Å². The smallest absolute Gasteiger partial charge is 0.256 e. The van der Waals surface area contributed by atoms with Crippen molar-refractivity contribution in [3.05, 3.63) is 36.0 Å². The van der Waals surface area contributed by atoms with Gasteiger partial charge in [0.25, 0.3) is 5.91 Å². The number of aromatic nitrogens is 4. The summed E-state index contributed by atoms with van der Waals surface area (Å²) in [5, 5.41) is 7.11. The second-order valence-corrected chi connectivity index (χ2v) is 7.55. The molecule has 0 bridgehead atoms. The van der Waals surface area contributed by atoms with Crippen molar-refractivity contribution in [2.75, 3.05) is 18.4 Å². The summed E-state index contributed by atoms with van der Waals surface area (Å²) in [5.74, 6) is 1.54. The van der Waals surface area contributed by atoms with E-state index in [1.54, 1.807) is 28.0 Å². The summed E-state index contributed by atoms with van der Waals surface area (Å²) >= 11 is 0. The molecule has 1 atom stereocenters. The molecule has 1 fully saturated rings. The number of carbonyl (C=O) groups excluding carboxylic acids is 2. The number of nitrogens with one attached hydrogen (secondary N) is 1. The molecule has 3 rings (SSSR count). The highest BCUT2D eigenvalue weighted by Gasteiger charge is 2.26. The van der Waals surface area contributed by atoms with Crippen LogP contribution in [0.2, 0.25) is 0 Å². The fraction of sp³-hybridized carbons (Fsp3) is 0.550. The number of hydrogen-bond acceptors (Lipinski definition) is 5. The lowest BCUT2D eigenvalue weighted by Gasteiger charge is -2.32. The summed E-state index contributed by atoms with van der Waals surface area (Å²) in [6.45, 7) is 8.06. The van der Waals surface area contributed by atoms with E-state index in [9.17, 15) is 9.59 Å². The average molecular weight is 384 g/mol. The molecule has 1 saturated heterocycles. The Labute approximate surface area is 165 Å². The fourth-order valence-corrected chi connectivity index (χ4v) is 3.41. The van der Waals surface area contributed by atoms with Crippen LogP contribution < -0.4 is 5.32 Å². The number of anilines is 1. The first-order chi connectivity index (χ1) is 13.5. The van der Waals surface area contributed by atoms with Crippen LogP contribution in [0.1, 0.15) is 62.1 Å². The maximum Gasteiger partial charge on any atom is 0.256 e. The van der Waals surface area contributed by atoms with Crippen LogP contribution in [0.25, 0.3) is 0 Å². The van der Waals surface area contributed by atoms with Gasteiger partial charge in [0.1, 0.15) is 5.82 Å². The van der Waals surface area contributed by atoms with Gasteiger partial charge in [0, 0.05) is 56.6 Å². The summed E-state index contributed by atoms with van der Waals surface area (Å²) < 4.78 is 1.77. The molecule has 2 aromatic heterocycles. The Morgan fingerprint density at radius 2 is 2.04 bits per heavy atom. The predicted octanol–water partition coefficient (Wildman–Crippen LogP) is 2.70. The largest absolute Gasteiger partial charge is 0.338 e. The van der Waals surface area contributed by atoms with Gasteiger partial charge in [0.2, 0.25) is 5.91 Å². The van der Waals surface area contributed by atoms with Gasteiger partial charge in [-0.25, -0.2) is 9.97 Å². The van der Waals surface area contributed by atoms with Gasteiger partial charge in [-0.15, -0.1) is 0 Å². The third kappa shape index (κ3) is 4.94. The van der Waals surface area contributed by atoms with Crippen LogP contribution in [0.4, 0.5) is 5.82 Å². The monoisotopic (exact) mass is 384 g/mol. The van der Waals surface area contributed by atoms with E-state index in [0.29, 0.717) is 30.9 Å². The maximum atomic E-state index is 12.8. The molecule has 0 unspecified atom stereocenters. The Balaban J connectivity index is 1.55. The van der Waals surface area contributed by atoms with E-state index < -0.39 is 0 Å². The molecule has 8 heteroatoms. The number of rotatable bonds is 6. The third-order valence-corrected chi connectivity index (χ3v) is 4.95. The van der Waals surface area contributed by atoms with E-state index in [-0.39, 0.29) is 23.7 Å². The van der Waals surface area contributed by atoms with Gasteiger partial charge in [-0.1, -0.05) is 13.8 Å². The van der Waals surface area contributed by atoms with Crippen molar-refractivity contribution in [3.8, 4) is 0 Å². The van der Waals surface area contributed by atoms with Crippen molar-refractivity contribution in [2.45, 2.75) is 52.5 Å². The molecule has 1 N–H and O–H groups in total. The summed E-state index contributed by atoms with van der Waals surface area (Å²) in [6.07, 6.45) is 7.24. The van der Waals surface area contributed by atoms with Gasteiger partial charge in [0.15, 0.2) is 5.82 Å². The number of nitrogens with zero attached hydrogens (tertiary/aromatic N) is 5. The highest BCUT2D eigenvalue weighted by atomic mass is 16.2. The zero-order valence-electron chi connectivity index (χ0n) is 16.8. The Hall–Kier alpha value is -2.77. The third-order valence-electron chi connectivity index (χ3n) is 4.95. The summed E-state index contributed by atoms with van der Waals surface area (Å²) in [7, 11) is 0. The second-order valence-electron chi connectivity index (χ2n) is 7.55. The van der Waals surface area contributed by atoms with Crippen LogP contribution in [0, 0.1) is 5.92 Å². The van der Waals surface area contributed by atoms with Crippen molar-refractivity contribution >= 4 is 17.6 Å².